The Labute approximate surface area is 151 Å². The summed E-state index contributed by atoms with van der Waals surface area (Å²) in [5.41, 5.74) is 3.92. The lowest BCUT2D eigenvalue weighted by atomic mass is 10.1. The van der Waals surface area contributed by atoms with Gasteiger partial charge in [0, 0.05) is 44.5 Å². The number of likely N-dealkylation sites (N-methyl/N-ethyl adjacent to an activating group) is 1. The maximum Gasteiger partial charge on any atom is 0.118 e. The molecule has 3 rings (SSSR count). The maximum atomic E-state index is 5.20. The van der Waals surface area contributed by atoms with Crippen LogP contribution < -0.4 is 15.0 Å². The molecule has 1 aliphatic heterocycles. The van der Waals surface area contributed by atoms with Crippen molar-refractivity contribution in [2.75, 3.05) is 45.2 Å². The van der Waals surface area contributed by atoms with Crippen molar-refractivity contribution in [3.63, 3.8) is 0 Å². The average Bonchev–Trinajstić information content (AvgIpc) is 2.67. The van der Waals surface area contributed by atoms with Crippen molar-refractivity contribution < 1.29 is 4.74 Å². The van der Waals surface area contributed by atoms with E-state index in [0.717, 1.165) is 38.5 Å². The minimum Gasteiger partial charge on any atom is -0.497 e. The number of nitrogens with zero attached hydrogens (tertiary/aromatic N) is 2. The van der Waals surface area contributed by atoms with Gasteiger partial charge in [0.15, 0.2) is 0 Å². The number of ether oxygens (including phenoxy) is 1. The van der Waals surface area contributed by atoms with Crippen LogP contribution in [-0.2, 0) is 6.54 Å². The SMILES string of the molecule is COc1ccc(CN[C@H](C)c2ccc(N3CCN(C)CC3)cc2)cc1. The molecule has 1 atom stereocenters. The van der Waals surface area contributed by atoms with E-state index >= 15 is 0 Å². The Morgan fingerprint density at radius 1 is 0.960 bits per heavy atom. The van der Waals surface area contributed by atoms with Crippen LogP contribution in [0.5, 0.6) is 5.75 Å². The van der Waals surface area contributed by atoms with E-state index in [0.29, 0.717) is 6.04 Å². The van der Waals surface area contributed by atoms with E-state index in [9.17, 15) is 0 Å². The first-order chi connectivity index (χ1) is 12.2. The highest BCUT2D eigenvalue weighted by atomic mass is 16.5. The van der Waals surface area contributed by atoms with Gasteiger partial charge in [-0.25, -0.2) is 0 Å². The molecule has 1 N–H and O–H groups in total. The standard InChI is InChI=1S/C21H29N3O/c1-17(22-16-18-4-10-21(25-3)11-5-18)19-6-8-20(9-7-19)24-14-12-23(2)13-15-24/h4-11,17,22H,12-16H2,1-3H3/t17-/m1/s1. The fraction of sp³-hybridized carbons (Fsp3) is 0.429. The molecule has 134 valence electrons. The number of piperazine rings is 1. The van der Waals surface area contributed by atoms with Gasteiger partial charge in [-0.1, -0.05) is 24.3 Å². The molecule has 0 aromatic heterocycles. The predicted octanol–water partition coefficient (Wildman–Crippen LogP) is 3.30. The molecule has 2 aromatic carbocycles. The molecule has 25 heavy (non-hydrogen) atoms. The van der Waals surface area contributed by atoms with Crippen molar-refractivity contribution in [1.29, 1.82) is 0 Å². The van der Waals surface area contributed by atoms with Crippen molar-refractivity contribution in [3.8, 4) is 5.75 Å². The Hall–Kier alpha value is -2.04. The smallest absolute Gasteiger partial charge is 0.118 e. The van der Waals surface area contributed by atoms with Crippen LogP contribution in [0.2, 0.25) is 0 Å². The number of benzene rings is 2. The van der Waals surface area contributed by atoms with Crippen molar-refractivity contribution in [3.05, 3.63) is 59.7 Å². The molecular weight excluding hydrogens is 310 g/mol. The summed E-state index contributed by atoms with van der Waals surface area (Å²) < 4.78 is 5.20. The molecule has 4 nitrogen and oxygen atoms in total. The average molecular weight is 339 g/mol. The third-order valence-electron chi connectivity index (χ3n) is 5.03. The summed E-state index contributed by atoms with van der Waals surface area (Å²) in [5.74, 6) is 0.899. The summed E-state index contributed by atoms with van der Waals surface area (Å²) in [4.78, 5) is 4.86. The molecule has 4 heteroatoms. The van der Waals surface area contributed by atoms with Crippen molar-refractivity contribution in [1.82, 2.24) is 10.2 Å². The van der Waals surface area contributed by atoms with Gasteiger partial charge in [0.1, 0.15) is 5.75 Å². The van der Waals surface area contributed by atoms with E-state index in [-0.39, 0.29) is 0 Å². The molecule has 0 amide bonds. The fourth-order valence-electron chi connectivity index (χ4n) is 3.17. The minimum absolute atomic E-state index is 0.323. The number of anilines is 1. The molecule has 0 unspecified atom stereocenters. The highest BCUT2D eigenvalue weighted by Gasteiger charge is 2.14. The van der Waals surface area contributed by atoms with Crippen LogP contribution >= 0.6 is 0 Å². The zero-order valence-electron chi connectivity index (χ0n) is 15.5. The molecule has 2 aromatic rings. The summed E-state index contributed by atoms with van der Waals surface area (Å²) in [6.07, 6.45) is 0. The van der Waals surface area contributed by atoms with Gasteiger partial charge in [-0.05, 0) is 49.4 Å². The molecule has 0 spiro atoms. The summed E-state index contributed by atoms with van der Waals surface area (Å²) in [6.45, 7) is 7.57. The Morgan fingerprint density at radius 2 is 1.60 bits per heavy atom. The first-order valence-electron chi connectivity index (χ1n) is 9.05. The van der Waals surface area contributed by atoms with Crippen molar-refractivity contribution in [2.45, 2.75) is 19.5 Å². The molecule has 0 bridgehead atoms. The number of rotatable bonds is 6. The van der Waals surface area contributed by atoms with Crippen LogP contribution in [0.15, 0.2) is 48.5 Å². The number of nitrogens with one attached hydrogen (secondary N) is 1. The summed E-state index contributed by atoms with van der Waals surface area (Å²) in [7, 11) is 3.89. The van der Waals surface area contributed by atoms with Crippen LogP contribution in [0.25, 0.3) is 0 Å². The maximum absolute atomic E-state index is 5.20. The molecule has 0 aliphatic carbocycles. The highest BCUT2D eigenvalue weighted by molar-refractivity contribution is 5.48. The Bertz CT molecular complexity index is 646. The first kappa shape index (κ1) is 17.8. The van der Waals surface area contributed by atoms with Crippen LogP contribution in [-0.4, -0.2) is 45.2 Å². The Morgan fingerprint density at radius 3 is 2.20 bits per heavy atom. The minimum atomic E-state index is 0.323. The van der Waals surface area contributed by atoms with E-state index in [2.05, 4.69) is 65.5 Å². The van der Waals surface area contributed by atoms with E-state index in [1.165, 1.54) is 16.8 Å². The molecule has 1 heterocycles. The molecule has 1 saturated heterocycles. The van der Waals surface area contributed by atoms with Crippen LogP contribution in [0.1, 0.15) is 24.1 Å². The van der Waals surface area contributed by atoms with Gasteiger partial charge in [-0.15, -0.1) is 0 Å². The van der Waals surface area contributed by atoms with Crippen LogP contribution in [0.4, 0.5) is 5.69 Å². The third kappa shape index (κ3) is 4.74. The molecule has 0 radical (unpaired) electrons. The number of hydrogen-bond acceptors (Lipinski definition) is 4. The highest BCUT2D eigenvalue weighted by Crippen LogP contribution is 2.21. The van der Waals surface area contributed by atoms with Gasteiger partial charge in [0.2, 0.25) is 0 Å². The number of methoxy groups -OCH3 is 1. The zero-order valence-corrected chi connectivity index (χ0v) is 15.5. The Balaban J connectivity index is 1.54. The largest absolute Gasteiger partial charge is 0.497 e. The lowest BCUT2D eigenvalue weighted by Gasteiger charge is -2.34. The molecular formula is C21H29N3O. The van der Waals surface area contributed by atoms with E-state index in [1.54, 1.807) is 7.11 Å². The predicted molar refractivity (Wildman–Crippen MR) is 104 cm³/mol. The van der Waals surface area contributed by atoms with Crippen LogP contribution in [0, 0.1) is 0 Å². The first-order valence-corrected chi connectivity index (χ1v) is 9.05. The van der Waals surface area contributed by atoms with E-state index in [1.807, 2.05) is 12.1 Å². The summed E-state index contributed by atoms with van der Waals surface area (Å²) >= 11 is 0. The van der Waals surface area contributed by atoms with Crippen molar-refractivity contribution >= 4 is 5.69 Å². The second-order valence-electron chi connectivity index (χ2n) is 6.83. The quantitative estimate of drug-likeness (QED) is 0.874. The van der Waals surface area contributed by atoms with Crippen molar-refractivity contribution in [2.24, 2.45) is 0 Å². The topological polar surface area (TPSA) is 27.7 Å². The summed E-state index contributed by atoms with van der Waals surface area (Å²) in [5, 5.41) is 3.60. The van der Waals surface area contributed by atoms with Gasteiger partial charge in [0.05, 0.1) is 7.11 Å². The van der Waals surface area contributed by atoms with Crippen LogP contribution in [0.3, 0.4) is 0 Å². The van der Waals surface area contributed by atoms with Gasteiger partial charge in [-0.3, -0.25) is 0 Å². The van der Waals surface area contributed by atoms with E-state index < -0.39 is 0 Å². The van der Waals surface area contributed by atoms with E-state index in [4.69, 9.17) is 4.74 Å². The number of hydrogen-bond donors (Lipinski definition) is 1. The lowest BCUT2D eigenvalue weighted by Crippen LogP contribution is -2.44. The second-order valence-corrected chi connectivity index (χ2v) is 6.83. The normalized spacial score (nSPS) is 16.7. The zero-order chi connectivity index (χ0) is 17.6. The van der Waals surface area contributed by atoms with Gasteiger partial charge < -0.3 is 19.9 Å². The lowest BCUT2D eigenvalue weighted by molar-refractivity contribution is 0.313. The summed E-state index contributed by atoms with van der Waals surface area (Å²) in [6, 6.07) is 17.6. The fourth-order valence-corrected chi connectivity index (χ4v) is 3.17. The molecule has 1 fully saturated rings. The molecule has 0 saturated carbocycles. The molecule has 1 aliphatic rings. The van der Waals surface area contributed by atoms with Gasteiger partial charge in [0.25, 0.3) is 0 Å². The Kier molecular flexibility index (Phi) is 5.95. The monoisotopic (exact) mass is 339 g/mol. The second kappa shape index (κ2) is 8.37. The third-order valence-corrected chi connectivity index (χ3v) is 5.03. The van der Waals surface area contributed by atoms with Gasteiger partial charge >= 0.3 is 0 Å². The van der Waals surface area contributed by atoms with Gasteiger partial charge in [-0.2, -0.15) is 0 Å².